The number of rotatable bonds is 3. The second kappa shape index (κ2) is 6.98. The number of hydrogen-bond donors (Lipinski definition) is 1. The lowest BCUT2D eigenvalue weighted by molar-refractivity contribution is 0.0469. The average Bonchev–Trinajstić information content (AvgIpc) is 3.18. The van der Waals surface area contributed by atoms with Crippen LogP contribution in [0, 0.1) is 6.92 Å². The largest absolute Gasteiger partial charge is 0.484 e. The number of nitrogens with zero attached hydrogens (tertiary/aromatic N) is 3. The molecule has 0 aliphatic carbocycles. The zero-order chi connectivity index (χ0) is 20.1. The highest BCUT2D eigenvalue weighted by atomic mass is 35.5. The van der Waals surface area contributed by atoms with Gasteiger partial charge in [0.15, 0.2) is 17.6 Å². The number of methoxy groups -OCH3 is 1. The molecule has 1 aliphatic heterocycles. The maximum atomic E-state index is 9.35. The van der Waals surface area contributed by atoms with Gasteiger partial charge in [0.05, 0.1) is 36.0 Å². The highest BCUT2D eigenvalue weighted by molar-refractivity contribution is 7.22. The Bertz CT molecular complexity index is 1260. The van der Waals surface area contributed by atoms with Crippen LogP contribution >= 0.6 is 22.9 Å². The van der Waals surface area contributed by atoms with Gasteiger partial charge in [-0.1, -0.05) is 11.6 Å². The summed E-state index contributed by atoms with van der Waals surface area (Å²) in [4.78, 5) is 13.8. The molecule has 3 heterocycles. The van der Waals surface area contributed by atoms with Crippen LogP contribution in [0.25, 0.3) is 31.8 Å². The molecule has 9 heteroatoms. The molecular formula is C20H16ClN3O4S. The number of halogens is 1. The van der Waals surface area contributed by atoms with Crippen molar-refractivity contribution in [1.82, 2.24) is 15.0 Å². The molecule has 148 valence electrons. The number of aliphatic hydroxyl groups excluding tert-OH is 1. The zero-order valence-electron chi connectivity index (χ0n) is 15.6. The van der Waals surface area contributed by atoms with Gasteiger partial charge in [-0.2, -0.15) is 0 Å². The minimum atomic E-state index is -0.408. The van der Waals surface area contributed by atoms with Crippen molar-refractivity contribution in [3.63, 3.8) is 0 Å². The molecule has 0 spiro atoms. The Balaban J connectivity index is 1.72. The van der Waals surface area contributed by atoms with Gasteiger partial charge in [0.1, 0.15) is 21.8 Å². The fourth-order valence-corrected chi connectivity index (χ4v) is 4.72. The molecule has 29 heavy (non-hydrogen) atoms. The van der Waals surface area contributed by atoms with E-state index in [2.05, 4.69) is 9.97 Å². The van der Waals surface area contributed by atoms with Gasteiger partial charge in [0.25, 0.3) is 0 Å². The number of aromatic nitrogens is 3. The van der Waals surface area contributed by atoms with Crippen molar-refractivity contribution in [3.05, 3.63) is 35.0 Å². The van der Waals surface area contributed by atoms with E-state index in [0.29, 0.717) is 27.9 Å². The molecule has 0 radical (unpaired) electrons. The molecule has 2 aromatic heterocycles. The fraction of sp³-hybridized carbons (Fsp3) is 0.250. The summed E-state index contributed by atoms with van der Waals surface area (Å²) in [6.07, 6.45) is 1.18. The molecule has 0 saturated carbocycles. The van der Waals surface area contributed by atoms with Crippen molar-refractivity contribution in [2.45, 2.75) is 13.0 Å². The van der Waals surface area contributed by atoms with E-state index in [9.17, 15) is 5.11 Å². The summed E-state index contributed by atoms with van der Waals surface area (Å²) >= 11 is 7.94. The molecule has 5 rings (SSSR count). The summed E-state index contributed by atoms with van der Waals surface area (Å²) in [6, 6.07) is 5.67. The van der Waals surface area contributed by atoms with E-state index >= 15 is 0 Å². The van der Waals surface area contributed by atoms with Crippen LogP contribution in [0.4, 0.5) is 0 Å². The molecule has 2 aromatic carbocycles. The number of aryl methyl sites for hydroxylation is 1. The lowest BCUT2D eigenvalue weighted by atomic mass is 10.1. The smallest absolute Gasteiger partial charge is 0.232 e. The van der Waals surface area contributed by atoms with E-state index in [4.69, 9.17) is 30.8 Å². The maximum Gasteiger partial charge on any atom is 0.232 e. The van der Waals surface area contributed by atoms with E-state index in [1.54, 1.807) is 19.4 Å². The number of fused-ring (bicyclic) bond motifs is 4. The monoisotopic (exact) mass is 429 g/mol. The summed E-state index contributed by atoms with van der Waals surface area (Å²) in [7, 11) is 1.56. The SMILES string of the molecule is COc1cnc2c(-c3nc4c(Cl)cc5c(c4s3)OCC(CO)O5)cc(C)cc2n1. The zero-order valence-corrected chi connectivity index (χ0v) is 17.2. The Kier molecular flexibility index (Phi) is 4.42. The summed E-state index contributed by atoms with van der Waals surface area (Å²) in [5, 5.41) is 10.6. The standard InChI is InChI=1S/C20H16ClN3O4S/c1-9-3-11(16-13(4-9)23-15(26-2)6-22-16)20-24-17-12(21)5-14-18(19(17)29-20)27-8-10(7-25)28-14/h3-6,10,25H,7-8H2,1-2H3. The average molecular weight is 430 g/mol. The van der Waals surface area contributed by atoms with Crippen molar-refractivity contribution in [3.8, 4) is 28.0 Å². The Labute approximate surface area is 174 Å². The van der Waals surface area contributed by atoms with Crippen LogP contribution in [-0.4, -0.2) is 46.5 Å². The fourth-order valence-electron chi connectivity index (χ4n) is 3.33. The highest BCUT2D eigenvalue weighted by Crippen LogP contribution is 2.47. The van der Waals surface area contributed by atoms with Crippen molar-refractivity contribution in [1.29, 1.82) is 0 Å². The van der Waals surface area contributed by atoms with Gasteiger partial charge in [-0.05, 0) is 24.6 Å². The van der Waals surface area contributed by atoms with E-state index in [0.717, 1.165) is 31.9 Å². The first-order valence-electron chi connectivity index (χ1n) is 8.92. The van der Waals surface area contributed by atoms with Gasteiger partial charge < -0.3 is 19.3 Å². The van der Waals surface area contributed by atoms with Crippen LogP contribution in [0.1, 0.15) is 5.56 Å². The Hall–Kier alpha value is -2.68. The molecule has 0 saturated heterocycles. The first-order chi connectivity index (χ1) is 14.1. The van der Waals surface area contributed by atoms with Gasteiger partial charge in [0, 0.05) is 11.6 Å². The minimum Gasteiger partial charge on any atom is -0.484 e. The number of benzene rings is 2. The third kappa shape index (κ3) is 3.04. The van der Waals surface area contributed by atoms with Crippen LogP contribution in [0.3, 0.4) is 0 Å². The maximum absolute atomic E-state index is 9.35. The Morgan fingerprint density at radius 2 is 2.14 bits per heavy atom. The first kappa shape index (κ1) is 18.4. The van der Waals surface area contributed by atoms with Gasteiger partial charge >= 0.3 is 0 Å². The number of hydrogen-bond acceptors (Lipinski definition) is 8. The van der Waals surface area contributed by atoms with Crippen LogP contribution in [0.15, 0.2) is 24.4 Å². The Morgan fingerprint density at radius 3 is 2.93 bits per heavy atom. The second-order valence-corrected chi connectivity index (χ2v) is 8.11. The minimum absolute atomic E-state index is 0.125. The van der Waals surface area contributed by atoms with E-state index in [1.807, 2.05) is 19.1 Å². The summed E-state index contributed by atoms with van der Waals surface area (Å²) in [6.45, 7) is 2.14. The third-order valence-electron chi connectivity index (χ3n) is 4.66. The first-order valence-corrected chi connectivity index (χ1v) is 10.1. The van der Waals surface area contributed by atoms with E-state index in [1.165, 1.54) is 11.3 Å². The number of aliphatic hydroxyl groups is 1. The van der Waals surface area contributed by atoms with Gasteiger partial charge in [-0.3, -0.25) is 0 Å². The van der Waals surface area contributed by atoms with Crippen molar-refractivity contribution < 1.29 is 19.3 Å². The predicted molar refractivity (Wildman–Crippen MR) is 111 cm³/mol. The Morgan fingerprint density at radius 1 is 1.28 bits per heavy atom. The predicted octanol–water partition coefficient (Wildman–Crippen LogP) is 4.01. The van der Waals surface area contributed by atoms with Gasteiger partial charge in [-0.15, -0.1) is 11.3 Å². The second-order valence-electron chi connectivity index (χ2n) is 6.71. The normalized spacial score (nSPS) is 15.8. The molecule has 1 aliphatic rings. The molecule has 1 atom stereocenters. The molecule has 4 aromatic rings. The molecule has 0 amide bonds. The highest BCUT2D eigenvalue weighted by Gasteiger charge is 2.26. The van der Waals surface area contributed by atoms with Crippen LogP contribution < -0.4 is 14.2 Å². The molecule has 0 bridgehead atoms. The van der Waals surface area contributed by atoms with E-state index in [-0.39, 0.29) is 13.2 Å². The number of thiazole rings is 1. The molecule has 7 nitrogen and oxygen atoms in total. The molecular weight excluding hydrogens is 414 g/mol. The topological polar surface area (TPSA) is 86.6 Å². The summed E-state index contributed by atoms with van der Waals surface area (Å²) < 4.78 is 17.7. The van der Waals surface area contributed by atoms with Crippen LogP contribution in [0.5, 0.6) is 17.4 Å². The summed E-state index contributed by atoms with van der Waals surface area (Å²) in [5.41, 5.74) is 4.02. The molecule has 0 fully saturated rings. The molecule has 1 unspecified atom stereocenters. The quantitative estimate of drug-likeness (QED) is 0.526. The van der Waals surface area contributed by atoms with E-state index < -0.39 is 6.10 Å². The molecule has 1 N–H and O–H groups in total. The lowest BCUT2D eigenvalue weighted by Crippen LogP contribution is -2.32. The van der Waals surface area contributed by atoms with Crippen LogP contribution in [0.2, 0.25) is 5.02 Å². The lowest BCUT2D eigenvalue weighted by Gasteiger charge is -2.25. The number of ether oxygens (including phenoxy) is 3. The van der Waals surface area contributed by atoms with Gasteiger partial charge in [0.2, 0.25) is 5.88 Å². The summed E-state index contributed by atoms with van der Waals surface area (Å²) in [5.74, 6) is 1.57. The van der Waals surface area contributed by atoms with Crippen LogP contribution in [-0.2, 0) is 0 Å². The van der Waals surface area contributed by atoms with Crippen molar-refractivity contribution >= 4 is 44.2 Å². The van der Waals surface area contributed by atoms with Crippen molar-refractivity contribution in [2.75, 3.05) is 20.3 Å². The third-order valence-corrected chi connectivity index (χ3v) is 6.04. The van der Waals surface area contributed by atoms with Gasteiger partial charge in [-0.25, -0.2) is 15.0 Å². The van der Waals surface area contributed by atoms with Crippen molar-refractivity contribution in [2.24, 2.45) is 0 Å².